The maximum Gasteiger partial charge on any atom is 0.293 e. The maximum atomic E-state index is 14.4. The van der Waals surface area contributed by atoms with Gasteiger partial charge in [0.25, 0.3) is 6.47 Å². The van der Waals surface area contributed by atoms with Gasteiger partial charge in [0.2, 0.25) is 5.95 Å². The van der Waals surface area contributed by atoms with Crippen LogP contribution in [0.25, 0.3) is 5.65 Å². The summed E-state index contributed by atoms with van der Waals surface area (Å²) in [6.07, 6.45) is 5.49. The topological polar surface area (TPSA) is 61.4 Å². The molecule has 0 aliphatic heterocycles. The van der Waals surface area contributed by atoms with Crippen LogP contribution in [0.5, 0.6) is 0 Å². The highest BCUT2D eigenvalue weighted by Gasteiger charge is 2.12. The van der Waals surface area contributed by atoms with E-state index in [1.165, 1.54) is 4.40 Å². The Morgan fingerprint density at radius 3 is 2.60 bits per heavy atom. The van der Waals surface area contributed by atoms with Crippen molar-refractivity contribution in [2.75, 3.05) is 6.61 Å². The van der Waals surface area contributed by atoms with Gasteiger partial charge < -0.3 is 4.74 Å². The van der Waals surface area contributed by atoms with Crippen molar-refractivity contribution < 1.29 is 13.9 Å². The Balaban J connectivity index is 0.000000399. The number of hydrogen-bond donors (Lipinski definition) is 0. The standard InChI is InChI=1S/C15H17FN4.C3H6O2/c1-10(2)13-4-5-14-18-12(9-20(14)15(13)16)8-19-7-11(3)6-17-19;1-2-5-3-4/h4-7,9-10H,8H2,1-3H3;3H,2H2,1H3. The number of pyridine rings is 1. The normalized spacial score (nSPS) is 10.6. The van der Waals surface area contributed by atoms with Crippen molar-refractivity contribution in [1.29, 1.82) is 0 Å². The number of ether oxygens (including phenoxy) is 1. The second kappa shape index (κ2) is 8.41. The van der Waals surface area contributed by atoms with E-state index in [2.05, 4.69) is 14.8 Å². The number of rotatable bonds is 5. The van der Waals surface area contributed by atoms with Crippen LogP contribution in [0.3, 0.4) is 0 Å². The molecule has 0 spiro atoms. The molecule has 0 unspecified atom stereocenters. The van der Waals surface area contributed by atoms with Crippen LogP contribution in [0.4, 0.5) is 4.39 Å². The number of aryl methyl sites for hydroxylation is 1. The van der Waals surface area contributed by atoms with E-state index in [0.717, 1.165) is 11.3 Å². The first-order valence-corrected chi connectivity index (χ1v) is 8.17. The lowest BCUT2D eigenvalue weighted by molar-refractivity contribution is -0.128. The van der Waals surface area contributed by atoms with Gasteiger partial charge in [-0.3, -0.25) is 13.9 Å². The molecule has 0 atom stereocenters. The van der Waals surface area contributed by atoms with E-state index >= 15 is 0 Å². The highest BCUT2D eigenvalue weighted by molar-refractivity contribution is 5.42. The number of aromatic nitrogens is 4. The molecule has 0 bridgehead atoms. The van der Waals surface area contributed by atoms with Gasteiger partial charge in [0.15, 0.2) is 0 Å². The summed E-state index contributed by atoms with van der Waals surface area (Å²) in [7, 11) is 0. The van der Waals surface area contributed by atoms with E-state index < -0.39 is 0 Å². The van der Waals surface area contributed by atoms with Crippen molar-refractivity contribution >= 4 is 12.1 Å². The third-order valence-corrected chi connectivity index (χ3v) is 3.59. The molecule has 3 aromatic heterocycles. The fourth-order valence-corrected chi connectivity index (χ4v) is 2.39. The second-order valence-electron chi connectivity index (χ2n) is 5.96. The molecular formula is C18H23FN4O2. The summed E-state index contributed by atoms with van der Waals surface area (Å²) < 4.78 is 21.8. The van der Waals surface area contributed by atoms with Crippen LogP contribution in [0, 0.1) is 12.9 Å². The summed E-state index contributed by atoms with van der Waals surface area (Å²) in [6, 6.07) is 3.67. The molecule has 0 saturated heterocycles. The molecule has 6 nitrogen and oxygen atoms in total. The average molecular weight is 346 g/mol. The van der Waals surface area contributed by atoms with E-state index in [4.69, 9.17) is 0 Å². The van der Waals surface area contributed by atoms with Crippen LogP contribution >= 0.6 is 0 Å². The zero-order valence-corrected chi connectivity index (χ0v) is 14.9. The predicted molar refractivity (Wildman–Crippen MR) is 93.0 cm³/mol. The largest absolute Gasteiger partial charge is 0.468 e. The molecule has 3 aromatic rings. The number of imidazole rings is 1. The summed E-state index contributed by atoms with van der Waals surface area (Å²) in [6.45, 7) is 9.16. The Kier molecular flexibility index (Phi) is 6.27. The summed E-state index contributed by atoms with van der Waals surface area (Å²) in [5.74, 6) is -0.0769. The van der Waals surface area contributed by atoms with Crippen molar-refractivity contribution in [3.63, 3.8) is 0 Å². The summed E-state index contributed by atoms with van der Waals surface area (Å²) in [4.78, 5) is 13.6. The van der Waals surface area contributed by atoms with E-state index in [0.29, 0.717) is 30.8 Å². The minimum atomic E-state index is -0.229. The lowest BCUT2D eigenvalue weighted by Gasteiger charge is -2.07. The van der Waals surface area contributed by atoms with Gasteiger partial charge in [-0.05, 0) is 31.4 Å². The Morgan fingerprint density at radius 1 is 1.32 bits per heavy atom. The monoisotopic (exact) mass is 346 g/mol. The van der Waals surface area contributed by atoms with Crippen LogP contribution in [0.15, 0.2) is 30.7 Å². The Morgan fingerprint density at radius 2 is 2.08 bits per heavy atom. The van der Waals surface area contributed by atoms with Gasteiger partial charge in [0.05, 0.1) is 25.0 Å². The molecular weight excluding hydrogens is 323 g/mol. The smallest absolute Gasteiger partial charge is 0.293 e. The van der Waals surface area contributed by atoms with E-state index in [1.807, 2.05) is 39.1 Å². The Bertz CT molecular complexity index is 839. The van der Waals surface area contributed by atoms with Crippen molar-refractivity contribution in [1.82, 2.24) is 19.2 Å². The van der Waals surface area contributed by atoms with Gasteiger partial charge in [-0.2, -0.15) is 9.49 Å². The van der Waals surface area contributed by atoms with Crippen molar-refractivity contribution in [3.05, 3.63) is 53.5 Å². The van der Waals surface area contributed by atoms with Crippen molar-refractivity contribution in [2.24, 2.45) is 0 Å². The molecule has 0 aliphatic rings. The summed E-state index contributed by atoms with van der Waals surface area (Å²) >= 11 is 0. The van der Waals surface area contributed by atoms with Gasteiger partial charge >= 0.3 is 0 Å². The quantitative estimate of drug-likeness (QED) is 0.525. The number of fused-ring (bicyclic) bond motifs is 1. The first-order chi connectivity index (χ1) is 12.0. The highest BCUT2D eigenvalue weighted by Crippen LogP contribution is 2.20. The zero-order valence-electron chi connectivity index (χ0n) is 14.9. The molecule has 0 radical (unpaired) electrons. The van der Waals surface area contributed by atoms with Crippen molar-refractivity contribution in [3.8, 4) is 0 Å². The number of carbonyl (C=O) groups is 1. The molecule has 134 valence electrons. The number of hydrogen-bond acceptors (Lipinski definition) is 4. The predicted octanol–water partition coefficient (Wildman–Crippen LogP) is 3.33. The molecule has 0 amide bonds. The molecule has 0 saturated carbocycles. The fraction of sp³-hybridized carbons (Fsp3) is 0.389. The number of carbonyl (C=O) groups excluding carboxylic acids is 1. The Hall–Kier alpha value is -2.70. The average Bonchev–Trinajstić information content (AvgIpc) is 3.15. The molecule has 0 N–H and O–H groups in total. The Labute approximate surface area is 146 Å². The first-order valence-electron chi connectivity index (χ1n) is 8.17. The lowest BCUT2D eigenvalue weighted by Crippen LogP contribution is -2.00. The van der Waals surface area contributed by atoms with Crippen LogP contribution in [0.1, 0.15) is 43.5 Å². The summed E-state index contributed by atoms with van der Waals surface area (Å²) in [5.41, 5.74) is 3.23. The third-order valence-electron chi connectivity index (χ3n) is 3.59. The second-order valence-corrected chi connectivity index (χ2v) is 5.96. The van der Waals surface area contributed by atoms with E-state index in [1.54, 1.807) is 24.0 Å². The molecule has 3 heterocycles. The molecule has 3 rings (SSSR count). The van der Waals surface area contributed by atoms with Gasteiger partial charge in [-0.1, -0.05) is 19.9 Å². The van der Waals surface area contributed by atoms with Gasteiger partial charge in [-0.15, -0.1) is 0 Å². The zero-order chi connectivity index (χ0) is 18.4. The number of halogens is 1. The molecule has 7 heteroatoms. The molecule has 0 fully saturated rings. The van der Waals surface area contributed by atoms with Gasteiger partial charge in [0, 0.05) is 18.0 Å². The first kappa shape index (κ1) is 18.6. The molecule has 0 aliphatic carbocycles. The molecule has 25 heavy (non-hydrogen) atoms. The highest BCUT2D eigenvalue weighted by atomic mass is 19.1. The lowest BCUT2D eigenvalue weighted by atomic mass is 10.1. The third kappa shape index (κ3) is 4.65. The maximum absolute atomic E-state index is 14.4. The SMILES string of the molecule is CCOC=O.Cc1cnn(Cc2cn3c(F)c(C(C)C)ccc3n2)c1. The fourth-order valence-electron chi connectivity index (χ4n) is 2.39. The van der Waals surface area contributed by atoms with Crippen LogP contribution in [-0.4, -0.2) is 32.2 Å². The van der Waals surface area contributed by atoms with Crippen molar-refractivity contribution in [2.45, 2.75) is 40.2 Å². The van der Waals surface area contributed by atoms with Crippen LogP contribution in [0.2, 0.25) is 0 Å². The molecule has 0 aromatic carbocycles. The van der Waals surface area contributed by atoms with Gasteiger partial charge in [-0.25, -0.2) is 4.98 Å². The number of nitrogens with zero attached hydrogens (tertiary/aromatic N) is 4. The minimum Gasteiger partial charge on any atom is -0.468 e. The van der Waals surface area contributed by atoms with E-state index in [-0.39, 0.29) is 11.9 Å². The van der Waals surface area contributed by atoms with E-state index in [9.17, 15) is 9.18 Å². The van der Waals surface area contributed by atoms with Crippen LogP contribution < -0.4 is 0 Å². The van der Waals surface area contributed by atoms with Gasteiger partial charge in [0.1, 0.15) is 5.65 Å². The van der Waals surface area contributed by atoms with Crippen LogP contribution in [-0.2, 0) is 16.1 Å². The summed E-state index contributed by atoms with van der Waals surface area (Å²) in [5, 5.41) is 4.22. The minimum absolute atomic E-state index is 0.152.